The smallest absolute Gasteiger partial charge is 0.200 e. The second-order valence-corrected chi connectivity index (χ2v) is 19.6. The maximum atomic E-state index is 14.3. The summed E-state index contributed by atoms with van der Waals surface area (Å²) in [5, 5.41) is 2.33. The predicted octanol–water partition coefficient (Wildman–Crippen LogP) is 16.9. The molecule has 0 N–H and O–H groups in total. The van der Waals surface area contributed by atoms with E-state index < -0.39 is 0 Å². The minimum Gasteiger partial charge on any atom is -0.456 e. The van der Waals surface area contributed by atoms with Gasteiger partial charge in [0.1, 0.15) is 22.3 Å². The summed E-state index contributed by atoms with van der Waals surface area (Å²) in [5.74, 6) is 0. The Bertz CT molecular complexity index is 3990. The van der Waals surface area contributed by atoms with Crippen LogP contribution in [0, 0.1) is 0 Å². The molecule has 4 heterocycles. The first kappa shape index (κ1) is 43.5. The number of fused-ring (bicyclic) bond motifs is 8. The predicted molar refractivity (Wildman–Crippen MR) is 296 cm³/mol. The summed E-state index contributed by atoms with van der Waals surface area (Å²) in [5.41, 5.74) is 16.9. The van der Waals surface area contributed by atoms with Gasteiger partial charge in [-0.1, -0.05) is 130 Å². The van der Waals surface area contributed by atoms with E-state index in [-0.39, 0.29) is 21.7 Å². The summed E-state index contributed by atoms with van der Waals surface area (Å²) in [6.07, 6.45) is 4.53. The van der Waals surface area contributed by atoms with Gasteiger partial charge in [-0.05, 0) is 156 Å². The Labute approximate surface area is 418 Å². The van der Waals surface area contributed by atoms with Crippen LogP contribution in [0.1, 0.15) is 74.3 Å². The molecular weight excluding hydrogens is 885 g/mol. The third kappa shape index (κ3) is 6.48. The molecule has 72 heavy (non-hydrogen) atoms. The molecule has 2 aromatic heterocycles. The number of aryl methyl sites for hydroxylation is 1. The minimum atomic E-state index is -0.287. The fourth-order valence-corrected chi connectivity index (χ4v) is 12.6. The highest BCUT2D eigenvalue weighted by atomic mass is 16.3. The lowest BCUT2D eigenvalue weighted by atomic mass is 9.66. The standard InChI is InChI=1S/C66H52N2O4/c1-4-65(5-2)51-18-8-12-22-55(51)68(56-23-13-9-19-52(56)65)46-33-36-50-62(41-46)72-60-39-42(27-34-48(60)64(50)70)37-38-66(6-3)53-20-10-14-24-57(53)67(58-25-15-11-21-54(58)66)45-31-28-43(29-32-45)44-30-35-49-61(40-44)71-59-26-16-7-17-47(59)63(49)69/h7-36,39-41H,4-6,37-38H2,1-3H3. The van der Waals surface area contributed by atoms with Gasteiger partial charge >= 0.3 is 0 Å². The van der Waals surface area contributed by atoms with E-state index in [0.717, 1.165) is 82.9 Å². The summed E-state index contributed by atoms with van der Waals surface area (Å²) < 4.78 is 13.0. The van der Waals surface area contributed by atoms with E-state index in [1.54, 1.807) is 0 Å². The van der Waals surface area contributed by atoms with Crippen LogP contribution < -0.4 is 20.7 Å². The summed E-state index contributed by atoms with van der Waals surface area (Å²) in [4.78, 5) is 32.3. The Morgan fingerprint density at radius 2 is 0.792 bits per heavy atom. The first-order valence-corrected chi connectivity index (χ1v) is 25.4. The summed E-state index contributed by atoms with van der Waals surface area (Å²) >= 11 is 0. The van der Waals surface area contributed by atoms with Gasteiger partial charge in [0.15, 0.2) is 0 Å². The van der Waals surface area contributed by atoms with Gasteiger partial charge in [-0.3, -0.25) is 9.59 Å². The third-order valence-corrected chi connectivity index (χ3v) is 16.3. The molecule has 2 aliphatic rings. The van der Waals surface area contributed by atoms with Gasteiger partial charge in [-0.25, -0.2) is 0 Å². The van der Waals surface area contributed by atoms with Crippen LogP contribution in [0.25, 0.3) is 55.0 Å². The number of anilines is 6. The normalized spacial score (nSPS) is 14.3. The highest BCUT2D eigenvalue weighted by molar-refractivity contribution is 5.95. The van der Waals surface area contributed by atoms with Gasteiger partial charge in [0.2, 0.25) is 10.9 Å². The number of rotatable bonds is 9. The molecule has 9 aromatic carbocycles. The molecule has 2 aliphatic heterocycles. The first-order valence-electron chi connectivity index (χ1n) is 25.4. The van der Waals surface area contributed by atoms with E-state index in [4.69, 9.17) is 8.83 Å². The van der Waals surface area contributed by atoms with Gasteiger partial charge in [-0.2, -0.15) is 0 Å². The van der Waals surface area contributed by atoms with Crippen LogP contribution in [0.3, 0.4) is 0 Å². The largest absolute Gasteiger partial charge is 0.456 e. The van der Waals surface area contributed by atoms with Gasteiger partial charge in [0, 0.05) is 28.3 Å². The Balaban J connectivity index is 0.834. The number of nitrogens with zero attached hydrogens (tertiary/aromatic N) is 2. The van der Waals surface area contributed by atoms with E-state index in [2.05, 4.69) is 170 Å². The monoisotopic (exact) mass is 936 g/mol. The third-order valence-electron chi connectivity index (χ3n) is 16.3. The van der Waals surface area contributed by atoms with Crippen molar-refractivity contribution in [3.05, 3.63) is 248 Å². The molecule has 0 aliphatic carbocycles. The van der Waals surface area contributed by atoms with Crippen LogP contribution in [0.5, 0.6) is 0 Å². The maximum absolute atomic E-state index is 14.3. The average Bonchev–Trinajstić information content (AvgIpc) is 3.43. The molecule has 0 saturated carbocycles. The van der Waals surface area contributed by atoms with E-state index in [1.165, 1.54) is 22.3 Å². The van der Waals surface area contributed by atoms with Crippen molar-refractivity contribution in [2.45, 2.75) is 63.7 Å². The van der Waals surface area contributed by atoms with Crippen molar-refractivity contribution in [2.24, 2.45) is 0 Å². The Morgan fingerprint density at radius 3 is 1.38 bits per heavy atom. The topological polar surface area (TPSA) is 66.9 Å². The summed E-state index contributed by atoms with van der Waals surface area (Å²) in [6, 6.07) is 69.4. The molecule has 0 amide bonds. The van der Waals surface area contributed by atoms with Crippen LogP contribution in [0.15, 0.2) is 219 Å². The molecule has 13 rings (SSSR count). The second-order valence-electron chi connectivity index (χ2n) is 19.6. The van der Waals surface area contributed by atoms with Gasteiger partial charge in [0.05, 0.1) is 44.3 Å². The molecule has 0 spiro atoms. The average molecular weight is 937 g/mol. The summed E-state index contributed by atoms with van der Waals surface area (Å²) in [6.45, 7) is 6.89. The molecule has 0 atom stereocenters. The zero-order chi connectivity index (χ0) is 48.7. The SMILES string of the molecule is CCC1(CC)c2ccccc2N(c2ccc3c(=O)c4ccc(CCC5(CC)c6ccccc6N(c6ccc(-c7ccc8c(=O)c9ccccc9oc8c7)cc6)c6ccccc65)cc4oc3c2)c2ccccc21. The van der Waals surface area contributed by atoms with Crippen LogP contribution >= 0.6 is 0 Å². The number of benzene rings is 9. The van der Waals surface area contributed by atoms with Crippen LogP contribution in [-0.2, 0) is 17.3 Å². The highest BCUT2D eigenvalue weighted by Crippen LogP contribution is 2.57. The number of para-hydroxylation sites is 5. The van der Waals surface area contributed by atoms with Crippen LogP contribution in [-0.4, -0.2) is 0 Å². The molecule has 350 valence electrons. The molecule has 0 bridgehead atoms. The lowest BCUT2D eigenvalue weighted by Gasteiger charge is -2.45. The Kier molecular flexibility index (Phi) is 10.2. The van der Waals surface area contributed by atoms with Gasteiger partial charge in [-0.15, -0.1) is 0 Å². The fourth-order valence-electron chi connectivity index (χ4n) is 12.6. The van der Waals surface area contributed by atoms with E-state index in [9.17, 15) is 9.59 Å². The van der Waals surface area contributed by atoms with Crippen LogP contribution in [0.4, 0.5) is 34.1 Å². The molecule has 0 saturated heterocycles. The Morgan fingerprint density at radius 1 is 0.375 bits per heavy atom. The van der Waals surface area contributed by atoms with Crippen molar-refractivity contribution in [1.82, 2.24) is 0 Å². The molecule has 0 fully saturated rings. The number of hydrogen-bond acceptors (Lipinski definition) is 6. The van der Waals surface area contributed by atoms with Crippen molar-refractivity contribution in [3.8, 4) is 11.1 Å². The lowest BCUT2D eigenvalue weighted by Crippen LogP contribution is -2.35. The van der Waals surface area contributed by atoms with E-state index in [1.807, 2.05) is 60.7 Å². The minimum absolute atomic E-state index is 0.0188. The zero-order valence-corrected chi connectivity index (χ0v) is 40.6. The van der Waals surface area contributed by atoms with Crippen molar-refractivity contribution < 1.29 is 8.83 Å². The highest BCUT2D eigenvalue weighted by Gasteiger charge is 2.43. The van der Waals surface area contributed by atoms with Gasteiger partial charge in [0.25, 0.3) is 0 Å². The summed E-state index contributed by atoms with van der Waals surface area (Å²) in [7, 11) is 0. The fraction of sp³-hybridized carbons (Fsp3) is 0.152. The second kappa shape index (κ2) is 16.8. The van der Waals surface area contributed by atoms with Crippen molar-refractivity contribution in [1.29, 1.82) is 0 Å². The molecule has 11 aromatic rings. The van der Waals surface area contributed by atoms with E-state index >= 15 is 0 Å². The van der Waals surface area contributed by atoms with Crippen molar-refractivity contribution >= 4 is 78.0 Å². The molecule has 6 nitrogen and oxygen atoms in total. The quantitative estimate of drug-likeness (QED) is 0.134. The molecule has 0 unspecified atom stereocenters. The zero-order valence-electron chi connectivity index (χ0n) is 40.6. The number of hydrogen-bond donors (Lipinski definition) is 0. The lowest BCUT2D eigenvalue weighted by molar-refractivity contribution is 0.452. The molecular formula is C66H52N2O4. The van der Waals surface area contributed by atoms with Crippen molar-refractivity contribution in [2.75, 3.05) is 9.80 Å². The molecule has 6 heteroatoms. The van der Waals surface area contributed by atoms with Crippen LogP contribution in [0.2, 0.25) is 0 Å². The maximum Gasteiger partial charge on any atom is 0.200 e. The Hall–Kier alpha value is -8.48. The first-order chi connectivity index (χ1) is 35.3. The van der Waals surface area contributed by atoms with E-state index in [0.29, 0.717) is 43.9 Å². The molecule has 0 radical (unpaired) electrons. The van der Waals surface area contributed by atoms with Gasteiger partial charge < -0.3 is 18.6 Å². The van der Waals surface area contributed by atoms with Crippen molar-refractivity contribution in [3.63, 3.8) is 0 Å².